The molecule has 2 rings (SSSR count). The maximum Gasteiger partial charge on any atom is 0.251 e. The molecule has 0 unspecified atom stereocenters. The molecule has 1 aromatic rings. The van der Waals surface area contributed by atoms with Crippen LogP contribution in [0.5, 0.6) is 0 Å². The fourth-order valence-corrected chi connectivity index (χ4v) is 1.67. The quantitative estimate of drug-likeness (QED) is 0.841. The van der Waals surface area contributed by atoms with Gasteiger partial charge < -0.3 is 10.6 Å². The van der Waals surface area contributed by atoms with Crippen molar-refractivity contribution in [3.8, 4) is 0 Å². The summed E-state index contributed by atoms with van der Waals surface area (Å²) in [5.74, 6) is 0.0325. The summed E-state index contributed by atoms with van der Waals surface area (Å²) in [7, 11) is 0. The Morgan fingerprint density at radius 1 is 1.29 bits per heavy atom. The third-order valence-corrected chi connectivity index (χ3v) is 2.56. The summed E-state index contributed by atoms with van der Waals surface area (Å²) >= 11 is 0. The molecule has 0 atom stereocenters. The first-order valence-corrected chi connectivity index (χ1v) is 6.13. The number of carbonyl (C=O) groups excluding carboxylic acids is 1. The molecule has 2 N–H and O–H groups in total. The van der Waals surface area contributed by atoms with E-state index in [-0.39, 0.29) is 11.4 Å². The molecule has 1 amide bonds. The fourth-order valence-electron chi connectivity index (χ4n) is 1.67. The highest BCUT2D eigenvalue weighted by molar-refractivity contribution is 5.95. The van der Waals surface area contributed by atoms with Gasteiger partial charge in [-0.2, -0.15) is 0 Å². The van der Waals surface area contributed by atoms with Crippen LogP contribution in [0, 0.1) is 0 Å². The van der Waals surface area contributed by atoms with Crippen LogP contribution < -0.4 is 10.6 Å². The van der Waals surface area contributed by atoms with E-state index in [1.54, 1.807) is 0 Å². The molecule has 92 valence electrons. The number of amides is 1. The molecule has 1 aromatic carbocycles. The minimum atomic E-state index is 0.00555. The second-order valence-corrected chi connectivity index (χ2v) is 5.70. The van der Waals surface area contributed by atoms with Gasteiger partial charge in [0.1, 0.15) is 0 Å². The van der Waals surface area contributed by atoms with Crippen LogP contribution in [0.3, 0.4) is 0 Å². The van der Waals surface area contributed by atoms with Gasteiger partial charge in [-0.3, -0.25) is 4.79 Å². The van der Waals surface area contributed by atoms with Gasteiger partial charge >= 0.3 is 0 Å². The Hall–Kier alpha value is -1.51. The number of hydrogen-bond acceptors (Lipinski definition) is 2. The summed E-state index contributed by atoms with van der Waals surface area (Å²) in [6, 6.07) is 8.06. The van der Waals surface area contributed by atoms with Crippen molar-refractivity contribution in [1.29, 1.82) is 0 Å². The monoisotopic (exact) mass is 232 g/mol. The zero-order valence-electron chi connectivity index (χ0n) is 10.7. The van der Waals surface area contributed by atoms with Gasteiger partial charge in [0.25, 0.3) is 5.91 Å². The van der Waals surface area contributed by atoms with Crippen LogP contribution in [0.4, 0.5) is 5.69 Å². The minimum Gasteiger partial charge on any atom is -0.380 e. The molecule has 0 saturated heterocycles. The summed E-state index contributed by atoms with van der Waals surface area (Å²) in [4.78, 5) is 11.9. The first kappa shape index (κ1) is 12.0. The minimum absolute atomic E-state index is 0.00555. The van der Waals surface area contributed by atoms with Crippen molar-refractivity contribution in [1.82, 2.24) is 5.32 Å². The Balaban J connectivity index is 2.07. The Morgan fingerprint density at radius 3 is 2.59 bits per heavy atom. The third kappa shape index (κ3) is 3.77. The smallest absolute Gasteiger partial charge is 0.251 e. The van der Waals surface area contributed by atoms with Crippen molar-refractivity contribution in [2.75, 3.05) is 5.32 Å². The van der Waals surface area contributed by atoms with E-state index in [1.807, 2.05) is 24.3 Å². The van der Waals surface area contributed by atoms with Gasteiger partial charge in [0, 0.05) is 22.8 Å². The number of hydrogen-bond donors (Lipinski definition) is 2. The number of nitrogens with one attached hydrogen (secondary N) is 2. The Kier molecular flexibility index (Phi) is 3.09. The largest absolute Gasteiger partial charge is 0.380 e. The van der Waals surface area contributed by atoms with Crippen molar-refractivity contribution < 1.29 is 4.79 Å². The van der Waals surface area contributed by atoms with E-state index in [9.17, 15) is 4.79 Å². The van der Waals surface area contributed by atoms with Crippen LogP contribution in [0.25, 0.3) is 0 Å². The van der Waals surface area contributed by atoms with E-state index in [1.165, 1.54) is 0 Å². The number of rotatable bonds is 3. The molecule has 3 nitrogen and oxygen atoms in total. The molecule has 1 fully saturated rings. The lowest BCUT2D eigenvalue weighted by molar-refractivity contribution is 0.0951. The first-order chi connectivity index (χ1) is 7.94. The molecule has 0 aromatic heterocycles. The zero-order valence-corrected chi connectivity index (χ0v) is 10.7. The maximum atomic E-state index is 11.9. The molecular weight excluding hydrogens is 212 g/mol. The number of carbonyl (C=O) groups is 1. The number of benzene rings is 1. The molecule has 17 heavy (non-hydrogen) atoms. The molecule has 0 heterocycles. The lowest BCUT2D eigenvalue weighted by Gasteiger charge is -2.22. The summed E-state index contributed by atoms with van der Waals surface area (Å²) in [5.41, 5.74) is 1.72. The Bertz CT molecular complexity index is 416. The van der Waals surface area contributed by atoms with Gasteiger partial charge in [0.15, 0.2) is 0 Å². The van der Waals surface area contributed by atoms with Gasteiger partial charge in [-0.05, 0) is 51.8 Å². The highest BCUT2D eigenvalue weighted by atomic mass is 16.1. The molecule has 0 bridgehead atoms. The summed E-state index contributed by atoms with van der Waals surface area (Å²) < 4.78 is 0. The van der Waals surface area contributed by atoms with E-state index >= 15 is 0 Å². The summed E-state index contributed by atoms with van der Waals surface area (Å²) in [6.07, 6.45) is 2.23. The lowest BCUT2D eigenvalue weighted by Crippen LogP contribution is -2.27. The summed E-state index contributed by atoms with van der Waals surface area (Å²) in [5, 5.41) is 6.36. The topological polar surface area (TPSA) is 41.1 Å². The highest BCUT2D eigenvalue weighted by Crippen LogP contribution is 2.20. The van der Waals surface area contributed by atoms with Crippen LogP contribution >= 0.6 is 0 Å². The predicted octanol–water partition coefficient (Wildman–Crippen LogP) is 2.79. The van der Waals surface area contributed by atoms with Gasteiger partial charge in [-0.1, -0.05) is 6.07 Å². The first-order valence-electron chi connectivity index (χ1n) is 6.13. The maximum absolute atomic E-state index is 11.9. The van der Waals surface area contributed by atoms with Crippen LogP contribution in [-0.2, 0) is 0 Å². The predicted molar refractivity (Wildman–Crippen MR) is 70.3 cm³/mol. The number of anilines is 1. The van der Waals surface area contributed by atoms with Crippen LogP contribution in [0.2, 0.25) is 0 Å². The molecule has 0 spiro atoms. The van der Waals surface area contributed by atoms with Crippen LogP contribution in [0.15, 0.2) is 24.3 Å². The molecule has 3 heteroatoms. The van der Waals surface area contributed by atoms with Gasteiger partial charge in [0.05, 0.1) is 0 Å². The molecular formula is C14H20N2O. The summed E-state index contributed by atoms with van der Waals surface area (Å²) in [6.45, 7) is 6.30. The van der Waals surface area contributed by atoms with E-state index in [0.717, 1.165) is 24.1 Å². The molecule has 0 radical (unpaired) electrons. The van der Waals surface area contributed by atoms with E-state index < -0.39 is 0 Å². The lowest BCUT2D eigenvalue weighted by atomic mass is 10.1. The van der Waals surface area contributed by atoms with Gasteiger partial charge in [-0.25, -0.2) is 0 Å². The second-order valence-electron chi connectivity index (χ2n) is 5.70. The normalized spacial score (nSPS) is 15.5. The van der Waals surface area contributed by atoms with Crippen molar-refractivity contribution >= 4 is 11.6 Å². The Morgan fingerprint density at radius 2 is 2.00 bits per heavy atom. The molecule has 1 aliphatic rings. The van der Waals surface area contributed by atoms with Crippen LogP contribution in [-0.4, -0.2) is 17.5 Å². The van der Waals surface area contributed by atoms with Crippen LogP contribution in [0.1, 0.15) is 44.0 Å². The fraction of sp³-hybridized carbons (Fsp3) is 0.500. The van der Waals surface area contributed by atoms with Crippen molar-refractivity contribution in [2.24, 2.45) is 0 Å². The van der Waals surface area contributed by atoms with E-state index in [2.05, 4.69) is 31.4 Å². The van der Waals surface area contributed by atoms with Crippen molar-refractivity contribution in [2.45, 2.75) is 45.2 Å². The average Bonchev–Trinajstić information content (AvgIpc) is 2.99. The average molecular weight is 232 g/mol. The highest BCUT2D eigenvalue weighted by Gasteiger charge is 2.23. The molecule has 1 saturated carbocycles. The van der Waals surface area contributed by atoms with E-state index in [4.69, 9.17) is 0 Å². The van der Waals surface area contributed by atoms with Crippen molar-refractivity contribution in [3.05, 3.63) is 29.8 Å². The van der Waals surface area contributed by atoms with Gasteiger partial charge in [0.2, 0.25) is 0 Å². The SMILES string of the molecule is CC(C)(C)Nc1cccc(C(=O)NC2CC2)c1. The van der Waals surface area contributed by atoms with Crippen molar-refractivity contribution in [3.63, 3.8) is 0 Å². The Labute approximate surface area is 103 Å². The molecule has 1 aliphatic carbocycles. The third-order valence-electron chi connectivity index (χ3n) is 2.56. The van der Waals surface area contributed by atoms with Gasteiger partial charge in [-0.15, -0.1) is 0 Å². The zero-order chi connectivity index (χ0) is 12.5. The standard InChI is InChI=1S/C14H20N2O/c1-14(2,3)16-12-6-4-5-10(9-12)13(17)15-11-7-8-11/h4-6,9,11,16H,7-8H2,1-3H3,(H,15,17). The van der Waals surface area contributed by atoms with E-state index in [0.29, 0.717) is 6.04 Å². The second kappa shape index (κ2) is 4.40. The molecule has 0 aliphatic heterocycles.